The van der Waals surface area contributed by atoms with Crippen molar-refractivity contribution in [1.82, 2.24) is 14.9 Å². The van der Waals surface area contributed by atoms with Crippen LogP contribution in [0.3, 0.4) is 0 Å². The van der Waals surface area contributed by atoms with Crippen LogP contribution in [0.1, 0.15) is 44.5 Å². The summed E-state index contributed by atoms with van der Waals surface area (Å²) in [7, 11) is 4.87. The molecule has 2 unspecified atom stereocenters. The van der Waals surface area contributed by atoms with Gasteiger partial charge in [-0.1, -0.05) is 45.0 Å². The van der Waals surface area contributed by atoms with Gasteiger partial charge in [0, 0.05) is 24.7 Å². The fourth-order valence-corrected chi connectivity index (χ4v) is 4.45. The summed E-state index contributed by atoms with van der Waals surface area (Å²) in [6, 6.07) is 7.54. The van der Waals surface area contributed by atoms with E-state index < -0.39 is 20.2 Å². The summed E-state index contributed by atoms with van der Waals surface area (Å²) in [6.07, 6.45) is 3.40. The van der Waals surface area contributed by atoms with Gasteiger partial charge in [-0.25, -0.2) is 4.98 Å². The average Bonchev–Trinajstić information content (AvgIpc) is 3.02. The highest BCUT2D eigenvalue weighted by Gasteiger charge is 2.39. The lowest BCUT2D eigenvalue weighted by Gasteiger charge is -2.36. The predicted molar refractivity (Wildman–Crippen MR) is 124 cm³/mol. The summed E-state index contributed by atoms with van der Waals surface area (Å²) in [4.78, 5) is 26.5. The molecule has 0 aliphatic carbocycles. The van der Waals surface area contributed by atoms with Crippen LogP contribution in [0.4, 0.5) is 4.79 Å². The molecule has 30 heavy (non-hydrogen) atoms. The summed E-state index contributed by atoms with van der Waals surface area (Å²) in [6.45, 7) is 10.3. The van der Waals surface area contributed by atoms with Crippen LogP contribution < -0.4 is 5.32 Å². The van der Waals surface area contributed by atoms with Crippen molar-refractivity contribution in [2.45, 2.75) is 63.7 Å². The number of rotatable bonds is 9. The zero-order valence-corrected chi connectivity index (χ0v) is 19.9. The molecule has 1 heterocycles. The van der Waals surface area contributed by atoms with Crippen molar-refractivity contribution in [1.29, 1.82) is 0 Å². The fraction of sp³-hybridized carbons (Fsp3) is 0.545. The minimum absolute atomic E-state index is 0.109. The van der Waals surface area contributed by atoms with Gasteiger partial charge in [-0.05, 0) is 36.5 Å². The van der Waals surface area contributed by atoms with Gasteiger partial charge < -0.3 is 19.8 Å². The summed E-state index contributed by atoms with van der Waals surface area (Å²) in [5.41, 5.74) is 2.90. The Labute approximate surface area is 182 Å². The minimum atomic E-state index is -2.28. The van der Waals surface area contributed by atoms with Gasteiger partial charge in [0.1, 0.15) is 5.82 Å². The van der Waals surface area contributed by atoms with Crippen LogP contribution in [-0.4, -0.2) is 54.1 Å². The number of aryl methyl sites for hydroxylation is 1. The number of carbonyl (C=O) groups excluding carboxylic acids is 1. The van der Waals surface area contributed by atoms with Crippen LogP contribution in [0.5, 0.6) is 0 Å². The largest absolute Gasteiger partial charge is 0.432 e. The molecule has 0 bridgehead atoms. The number of carbonyl (C=O) groups is 1. The molecule has 0 aliphatic rings. The first-order valence-electron chi connectivity index (χ1n) is 10.4. The van der Waals surface area contributed by atoms with E-state index in [4.69, 9.17) is 12.8 Å². The van der Waals surface area contributed by atoms with Crippen molar-refractivity contribution >= 4 is 22.0 Å². The monoisotopic (exact) mass is 427 g/mol. The molecule has 3 N–H and O–H groups in total. The van der Waals surface area contributed by atoms with Crippen LogP contribution >= 0.6 is 0 Å². The molecular formula is C22H34BN3O3Si. The number of aliphatic hydroxyl groups is 1. The minimum Gasteiger partial charge on any atom is -0.432 e. The molecule has 6 nitrogen and oxygen atoms in total. The number of nitrogens with zero attached hydrogens (tertiary/aromatic N) is 2. The van der Waals surface area contributed by atoms with Crippen molar-refractivity contribution in [2.24, 2.45) is 7.05 Å². The molecule has 0 saturated heterocycles. The number of hydrogen-bond acceptors (Lipinski definition) is 4. The van der Waals surface area contributed by atoms with E-state index in [1.54, 1.807) is 0 Å². The van der Waals surface area contributed by atoms with Crippen molar-refractivity contribution in [2.75, 3.05) is 6.61 Å². The smallest absolute Gasteiger partial charge is 0.200 e. The normalized spacial score (nSPS) is 14.4. The fourth-order valence-electron chi connectivity index (χ4n) is 3.64. The van der Waals surface area contributed by atoms with Gasteiger partial charge in [0.15, 0.2) is 14.1 Å². The third-order valence-corrected chi connectivity index (χ3v) is 9.64. The van der Waals surface area contributed by atoms with Gasteiger partial charge in [-0.2, -0.15) is 0 Å². The first kappa shape index (κ1) is 24.4. The quantitative estimate of drug-likeness (QED) is 0.536. The van der Waals surface area contributed by atoms with E-state index in [1.165, 1.54) is 0 Å². The molecule has 0 saturated carbocycles. The number of imidazole rings is 1. The molecule has 0 spiro atoms. The lowest BCUT2D eigenvalue weighted by atomic mass is 9.97. The Morgan fingerprint density at radius 2 is 1.90 bits per heavy atom. The zero-order valence-electron chi connectivity index (χ0n) is 18.9. The standard InChI is InChI=1S/C22H34BN3O3Si/c1-15(12-22(2,3)30(5,6)29)20-25-19(13-26(20)4)17-9-7-16(8-10-17)11-18(14-27)24-21(23)28/h7-10,13,15,18,27,29H,11-12,14H2,1-6H3,(H,24,28). The van der Waals surface area contributed by atoms with E-state index >= 15 is 0 Å². The zero-order chi connectivity index (χ0) is 22.7. The Morgan fingerprint density at radius 3 is 2.40 bits per heavy atom. The van der Waals surface area contributed by atoms with Gasteiger partial charge in [-0.15, -0.1) is 0 Å². The van der Waals surface area contributed by atoms with E-state index in [-0.39, 0.29) is 17.6 Å². The van der Waals surface area contributed by atoms with Crippen LogP contribution in [0, 0.1) is 0 Å². The Balaban J connectivity index is 2.15. The van der Waals surface area contributed by atoms with Crippen molar-refractivity contribution in [3.05, 3.63) is 41.9 Å². The number of aromatic nitrogens is 2. The number of benzene rings is 1. The third kappa shape index (κ3) is 6.06. The van der Waals surface area contributed by atoms with E-state index in [0.29, 0.717) is 6.42 Å². The Bertz CT molecular complexity index is 860. The number of nitrogens with one attached hydrogen (secondary N) is 1. The molecular weight excluding hydrogens is 393 g/mol. The molecule has 8 heteroatoms. The second-order valence-corrected chi connectivity index (χ2v) is 13.9. The maximum Gasteiger partial charge on any atom is 0.200 e. The lowest BCUT2D eigenvalue weighted by molar-refractivity contribution is 0.229. The molecule has 0 fully saturated rings. The van der Waals surface area contributed by atoms with Gasteiger partial charge >= 0.3 is 0 Å². The number of aliphatic hydroxyl groups excluding tert-OH is 1. The highest BCUT2D eigenvalue weighted by molar-refractivity contribution is 6.72. The number of amides is 1. The van der Waals surface area contributed by atoms with E-state index in [9.17, 15) is 14.7 Å². The molecule has 0 aliphatic heterocycles. The first-order chi connectivity index (χ1) is 13.8. The summed E-state index contributed by atoms with van der Waals surface area (Å²) in [5, 5.41) is 11.8. The van der Waals surface area contributed by atoms with Crippen LogP contribution in [0.2, 0.25) is 18.1 Å². The van der Waals surface area contributed by atoms with E-state index in [2.05, 4.69) is 30.7 Å². The predicted octanol–water partition coefficient (Wildman–Crippen LogP) is 3.34. The second-order valence-electron chi connectivity index (χ2n) is 9.43. The highest BCUT2D eigenvalue weighted by atomic mass is 28.4. The lowest BCUT2D eigenvalue weighted by Crippen LogP contribution is -2.39. The molecule has 2 radical (unpaired) electrons. The Hall–Kier alpha value is -1.90. The number of hydrogen-bond donors (Lipinski definition) is 3. The van der Waals surface area contributed by atoms with Crippen molar-refractivity contribution in [3.8, 4) is 11.3 Å². The average molecular weight is 427 g/mol. The molecule has 1 amide bonds. The van der Waals surface area contributed by atoms with Gasteiger partial charge in [0.2, 0.25) is 7.85 Å². The van der Waals surface area contributed by atoms with Gasteiger partial charge in [0.05, 0.1) is 18.3 Å². The SMILES string of the molecule is [B]C(=O)NC(CO)Cc1ccc(-c2cn(C)c(C(C)CC(C)(C)[Si](C)(C)O)n2)cc1. The van der Waals surface area contributed by atoms with E-state index in [1.807, 2.05) is 50.6 Å². The maximum atomic E-state index is 11.0. The second kappa shape index (κ2) is 9.49. The third-order valence-electron chi connectivity index (χ3n) is 6.12. The molecule has 1 aromatic carbocycles. The van der Waals surface area contributed by atoms with Gasteiger partial charge in [0.25, 0.3) is 0 Å². The molecule has 2 rings (SSSR count). The summed E-state index contributed by atoms with van der Waals surface area (Å²) >= 11 is 0. The summed E-state index contributed by atoms with van der Waals surface area (Å²) in [5.74, 6) is 0.588. The highest BCUT2D eigenvalue weighted by Crippen LogP contribution is 2.43. The Kier molecular flexibility index (Phi) is 7.71. The van der Waals surface area contributed by atoms with Gasteiger partial charge in [-0.3, -0.25) is 4.79 Å². The van der Waals surface area contributed by atoms with Crippen LogP contribution in [0.25, 0.3) is 11.3 Å². The van der Waals surface area contributed by atoms with Crippen LogP contribution in [0.15, 0.2) is 30.5 Å². The molecule has 2 atom stereocenters. The van der Waals surface area contributed by atoms with E-state index in [0.717, 1.165) is 29.1 Å². The summed E-state index contributed by atoms with van der Waals surface area (Å²) < 4.78 is 2.06. The van der Waals surface area contributed by atoms with Crippen LogP contribution in [-0.2, 0) is 13.5 Å². The Morgan fingerprint density at radius 1 is 1.30 bits per heavy atom. The first-order valence-corrected chi connectivity index (χ1v) is 13.3. The maximum absolute atomic E-state index is 11.0. The molecule has 2 aromatic rings. The topological polar surface area (TPSA) is 87.4 Å². The van der Waals surface area contributed by atoms with Crippen molar-refractivity contribution in [3.63, 3.8) is 0 Å². The molecule has 1 aromatic heterocycles. The van der Waals surface area contributed by atoms with Crippen molar-refractivity contribution < 1.29 is 14.7 Å². The molecule has 162 valence electrons.